The second-order valence-corrected chi connectivity index (χ2v) is 5.20. The first-order valence-electron chi connectivity index (χ1n) is 7.33. The van der Waals surface area contributed by atoms with Crippen molar-refractivity contribution in [3.8, 4) is 0 Å². The van der Waals surface area contributed by atoms with Crippen molar-refractivity contribution in [3.05, 3.63) is 17.8 Å². The number of carbonyl (C=O) groups excluding carboxylic acids is 1. The number of hydrogen-bond acceptors (Lipinski definition) is 5. The molecule has 0 radical (unpaired) electrons. The molecule has 1 aliphatic carbocycles. The number of rotatable bonds is 6. The largest absolute Gasteiger partial charge is 0.462 e. The molecule has 0 aromatic carbocycles. The number of hydrogen-bond donors (Lipinski definition) is 1. The Bertz CT molecular complexity index is 472. The van der Waals surface area contributed by atoms with Crippen LogP contribution in [-0.2, 0) is 4.74 Å². The lowest BCUT2D eigenvalue weighted by atomic mass is 9.85. The molecular weight excluding hydrogens is 254 g/mol. The number of pyridine rings is 1. The van der Waals surface area contributed by atoms with Crippen molar-refractivity contribution in [1.29, 1.82) is 0 Å². The van der Waals surface area contributed by atoms with Crippen LogP contribution in [0.4, 0.5) is 11.5 Å². The third-order valence-corrected chi connectivity index (χ3v) is 3.77. The number of aromatic nitrogens is 1. The van der Waals surface area contributed by atoms with Crippen molar-refractivity contribution < 1.29 is 9.53 Å². The molecule has 1 heterocycles. The van der Waals surface area contributed by atoms with Crippen LogP contribution in [0, 0.1) is 5.92 Å². The summed E-state index contributed by atoms with van der Waals surface area (Å²) >= 11 is 0. The van der Waals surface area contributed by atoms with E-state index in [1.54, 1.807) is 19.2 Å². The maximum absolute atomic E-state index is 12.1. The standard InChI is InChI=1S/C15H23N3O2/c1-3-18(10-11-6-5-7-11)14-13(15(19)20-4-2)8-12(16)9-17-14/h8-9,11H,3-7,10,16H2,1-2H3. The molecular formula is C15H23N3O2. The molecule has 0 aliphatic heterocycles. The van der Waals surface area contributed by atoms with E-state index in [4.69, 9.17) is 10.5 Å². The Morgan fingerprint density at radius 1 is 1.50 bits per heavy atom. The normalized spacial score (nSPS) is 14.7. The summed E-state index contributed by atoms with van der Waals surface area (Å²) in [7, 11) is 0. The van der Waals surface area contributed by atoms with Gasteiger partial charge in [0.15, 0.2) is 0 Å². The predicted octanol–water partition coefficient (Wildman–Crippen LogP) is 2.47. The minimum atomic E-state index is -0.352. The van der Waals surface area contributed by atoms with E-state index in [9.17, 15) is 4.79 Å². The second-order valence-electron chi connectivity index (χ2n) is 5.20. The van der Waals surface area contributed by atoms with Gasteiger partial charge in [0.05, 0.1) is 18.5 Å². The number of carbonyl (C=O) groups is 1. The van der Waals surface area contributed by atoms with Gasteiger partial charge in [-0.05, 0) is 38.7 Å². The molecule has 0 amide bonds. The smallest absolute Gasteiger partial charge is 0.341 e. The van der Waals surface area contributed by atoms with E-state index in [2.05, 4.69) is 16.8 Å². The van der Waals surface area contributed by atoms with Crippen molar-refractivity contribution in [2.75, 3.05) is 30.3 Å². The quantitative estimate of drug-likeness (QED) is 0.809. The number of ether oxygens (including phenoxy) is 1. The number of esters is 1. The molecule has 1 saturated carbocycles. The molecule has 2 N–H and O–H groups in total. The molecule has 0 unspecified atom stereocenters. The first-order chi connectivity index (χ1) is 9.65. The highest BCUT2D eigenvalue weighted by molar-refractivity contribution is 5.95. The average molecular weight is 277 g/mol. The van der Waals surface area contributed by atoms with Crippen molar-refractivity contribution in [3.63, 3.8) is 0 Å². The van der Waals surface area contributed by atoms with Crippen LogP contribution < -0.4 is 10.6 Å². The zero-order valence-electron chi connectivity index (χ0n) is 12.3. The number of nitrogens with zero attached hydrogens (tertiary/aromatic N) is 2. The van der Waals surface area contributed by atoms with Gasteiger partial charge < -0.3 is 15.4 Å². The minimum absolute atomic E-state index is 0.349. The Hall–Kier alpha value is -1.78. The van der Waals surface area contributed by atoms with Crippen LogP contribution >= 0.6 is 0 Å². The van der Waals surface area contributed by atoms with Gasteiger partial charge in [0.1, 0.15) is 11.4 Å². The van der Waals surface area contributed by atoms with Gasteiger partial charge in [-0.1, -0.05) is 6.42 Å². The summed E-state index contributed by atoms with van der Waals surface area (Å²) in [5.41, 5.74) is 6.70. The van der Waals surface area contributed by atoms with Gasteiger partial charge in [0.25, 0.3) is 0 Å². The molecule has 0 saturated heterocycles. The second kappa shape index (κ2) is 6.59. The zero-order valence-corrected chi connectivity index (χ0v) is 12.3. The molecule has 5 nitrogen and oxygen atoms in total. The highest BCUT2D eigenvalue weighted by Crippen LogP contribution is 2.30. The average Bonchev–Trinajstić information content (AvgIpc) is 2.39. The Morgan fingerprint density at radius 3 is 2.80 bits per heavy atom. The minimum Gasteiger partial charge on any atom is -0.462 e. The lowest BCUT2D eigenvalue weighted by Gasteiger charge is -2.33. The fourth-order valence-corrected chi connectivity index (χ4v) is 2.44. The molecule has 1 aromatic heterocycles. The monoisotopic (exact) mass is 277 g/mol. The van der Waals surface area contributed by atoms with Crippen LogP contribution in [0.25, 0.3) is 0 Å². The Labute approximate surface area is 120 Å². The van der Waals surface area contributed by atoms with Crippen LogP contribution in [0.5, 0.6) is 0 Å². The summed E-state index contributed by atoms with van der Waals surface area (Å²) in [5.74, 6) is 1.05. The van der Waals surface area contributed by atoms with Crippen LogP contribution in [0.2, 0.25) is 0 Å². The highest BCUT2D eigenvalue weighted by atomic mass is 16.5. The van der Waals surface area contributed by atoms with E-state index < -0.39 is 0 Å². The summed E-state index contributed by atoms with van der Waals surface area (Å²) < 4.78 is 5.10. The third-order valence-electron chi connectivity index (χ3n) is 3.77. The first-order valence-corrected chi connectivity index (χ1v) is 7.33. The highest BCUT2D eigenvalue weighted by Gasteiger charge is 2.24. The Kier molecular flexibility index (Phi) is 4.82. The molecule has 1 fully saturated rings. The number of nitrogen functional groups attached to an aromatic ring is 1. The Morgan fingerprint density at radius 2 is 2.25 bits per heavy atom. The molecule has 2 rings (SSSR count). The lowest BCUT2D eigenvalue weighted by Crippen LogP contribution is -2.34. The molecule has 0 bridgehead atoms. The van der Waals surface area contributed by atoms with E-state index in [0.29, 0.717) is 29.6 Å². The number of nitrogens with two attached hydrogens (primary N) is 1. The first kappa shape index (κ1) is 14.6. The van der Waals surface area contributed by atoms with Gasteiger partial charge in [-0.25, -0.2) is 9.78 Å². The van der Waals surface area contributed by atoms with Crippen molar-refractivity contribution in [2.45, 2.75) is 33.1 Å². The summed E-state index contributed by atoms with van der Waals surface area (Å²) in [6.45, 7) is 5.98. The summed E-state index contributed by atoms with van der Waals surface area (Å²) in [6, 6.07) is 1.66. The van der Waals surface area contributed by atoms with Crippen LogP contribution in [0.1, 0.15) is 43.5 Å². The molecule has 0 atom stereocenters. The molecule has 110 valence electrons. The van der Waals surface area contributed by atoms with Gasteiger partial charge >= 0.3 is 5.97 Å². The van der Waals surface area contributed by atoms with Gasteiger partial charge in [0.2, 0.25) is 0 Å². The van der Waals surface area contributed by atoms with Crippen molar-refractivity contribution >= 4 is 17.5 Å². The van der Waals surface area contributed by atoms with Crippen LogP contribution in [-0.4, -0.2) is 30.6 Å². The molecule has 5 heteroatoms. The van der Waals surface area contributed by atoms with Crippen molar-refractivity contribution in [2.24, 2.45) is 5.92 Å². The van der Waals surface area contributed by atoms with Crippen LogP contribution in [0.3, 0.4) is 0 Å². The van der Waals surface area contributed by atoms with Gasteiger partial charge in [-0.3, -0.25) is 0 Å². The van der Waals surface area contributed by atoms with Gasteiger partial charge in [0, 0.05) is 13.1 Å². The van der Waals surface area contributed by atoms with Crippen molar-refractivity contribution in [1.82, 2.24) is 4.98 Å². The van der Waals surface area contributed by atoms with Gasteiger partial charge in [-0.15, -0.1) is 0 Å². The molecule has 20 heavy (non-hydrogen) atoms. The Balaban J connectivity index is 2.25. The summed E-state index contributed by atoms with van der Waals surface area (Å²) in [5, 5.41) is 0. The predicted molar refractivity (Wildman–Crippen MR) is 79.8 cm³/mol. The summed E-state index contributed by atoms with van der Waals surface area (Å²) in [4.78, 5) is 18.6. The summed E-state index contributed by atoms with van der Waals surface area (Å²) in [6.07, 6.45) is 5.43. The molecule has 1 aliphatic rings. The van der Waals surface area contributed by atoms with E-state index >= 15 is 0 Å². The van der Waals surface area contributed by atoms with E-state index in [0.717, 1.165) is 13.1 Å². The SMILES string of the molecule is CCOC(=O)c1cc(N)cnc1N(CC)CC1CCC1. The molecule has 0 spiro atoms. The fraction of sp³-hybridized carbons (Fsp3) is 0.600. The van der Waals surface area contributed by atoms with E-state index in [1.165, 1.54) is 19.3 Å². The zero-order chi connectivity index (χ0) is 14.5. The lowest BCUT2D eigenvalue weighted by molar-refractivity contribution is 0.0526. The van der Waals surface area contributed by atoms with Gasteiger partial charge in [-0.2, -0.15) is 0 Å². The fourth-order valence-electron chi connectivity index (χ4n) is 2.44. The van der Waals surface area contributed by atoms with Crippen LogP contribution in [0.15, 0.2) is 12.3 Å². The number of anilines is 2. The third kappa shape index (κ3) is 3.21. The van der Waals surface area contributed by atoms with E-state index in [-0.39, 0.29) is 5.97 Å². The topological polar surface area (TPSA) is 68.5 Å². The maximum Gasteiger partial charge on any atom is 0.341 e. The maximum atomic E-state index is 12.1. The van der Waals surface area contributed by atoms with E-state index in [1.807, 2.05) is 0 Å². The molecule has 1 aromatic rings.